The molecule has 0 aromatic heterocycles. The molecule has 5 nitrogen and oxygen atoms in total. The first-order valence-corrected chi connectivity index (χ1v) is 6.18. The zero-order valence-electron chi connectivity index (χ0n) is 12.1. The number of carbonyl (C=O) groups is 1. The Labute approximate surface area is 109 Å². The standard InChI is InChI=1S/C13H24N2O3/c1-10(2)8-7-9-12(3)13(4,17)15(14(5)6)11(16)18-12/h8,17H,7,9H2,1-6H3/t12-,13-/m0/s1. The topological polar surface area (TPSA) is 53.0 Å². The highest BCUT2D eigenvalue weighted by atomic mass is 16.6. The van der Waals surface area contributed by atoms with Crippen molar-refractivity contribution in [2.45, 2.75) is 51.9 Å². The Morgan fingerprint density at radius 1 is 1.44 bits per heavy atom. The molecule has 1 saturated heterocycles. The zero-order chi connectivity index (χ0) is 14.1. The van der Waals surface area contributed by atoms with Crippen molar-refractivity contribution in [2.24, 2.45) is 0 Å². The van der Waals surface area contributed by atoms with Gasteiger partial charge in [-0.25, -0.2) is 14.8 Å². The van der Waals surface area contributed by atoms with Gasteiger partial charge in [0.25, 0.3) is 0 Å². The summed E-state index contributed by atoms with van der Waals surface area (Å²) in [6, 6.07) is 0. The first-order valence-electron chi connectivity index (χ1n) is 6.18. The van der Waals surface area contributed by atoms with Crippen LogP contribution in [-0.4, -0.2) is 46.6 Å². The number of aliphatic hydroxyl groups is 1. The van der Waals surface area contributed by atoms with Gasteiger partial charge in [-0.3, -0.25) is 0 Å². The number of rotatable bonds is 4. The van der Waals surface area contributed by atoms with E-state index in [-0.39, 0.29) is 0 Å². The van der Waals surface area contributed by atoms with E-state index in [2.05, 4.69) is 6.08 Å². The van der Waals surface area contributed by atoms with Crippen LogP contribution in [0.25, 0.3) is 0 Å². The van der Waals surface area contributed by atoms with Gasteiger partial charge in [0.05, 0.1) is 0 Å². The number of amides is 1. The number of nitrogens with zero attached hydrogens (tertiary/aromatic N) is 2. The average molecular weight is 256 g/mol. The van der Waals surface area contributed by atoms with Crippen LogP contribution in [-0.2, 0) is 4.74 Å². The summed E-state index contributed by atoms with van der Waals surface area (Å²) in [5.41, 5.74) is -1.03. The molecule has 0 aliphatic carbocycles. The highest BCUT2D eigenvalue weighted by Crippen LogP contribution is 2.40. The molecule has 0 saturated carbocycles. The molecule has 1 heterocycles. The number of hydrogen-bond donors (Lipinski definition) is 1. The summed E-state index contributed by atoms with van der Waals surface area (Å²) in [5.74, 6) is 0. The summed E-state index contributed by atoms with van der Waals surface area (Å²) in [4.78, 5) is 11.8. The maximum Gasteiger partial charge on any atom is 0.427 e. The van der Waals surface area contributed by atoms with E-state index in [0.717, 1.165) is 6.42 Å². The van der Waals surface area contributed by atoms with Crippen LogP contribution >= 0.6 is 0 Å². The van der Waals surface area contributed by atoms with Crippen molar-refractivity contribution >= 4 is 6.09 Å². The van der Waals surface area contributed by atoms with Gasteiger partial charge >= 0.3 is 6.09 Å². The molecule has 0 aromatic rings. The number of ether oxygens (including phenoxy) is 1. The van der Waals surface area contributed by atoms with Crippen molar-refractivity contribution < 1.29 is 14.6 Å². The monoisotopic (exact) mass is 256 g/mol. The van der Waals surface area contributed by atoms with Crippen LogP contribution in [0.2, 0.25) is 0 Å². The van der Waals surface area contributed by atoms with Crippen molar-refractivity contribution in [3.8, 4) is 0 Å². The van der Waals surface area contributed by atoms with Gasteiger partial charge in [0.1, 0.15) is 0 Å². The second-order valence-corrected chi connectivity index (χ2v) is 5.60. The average Bonchev–Trinajstić information content (AvgIpc) is 2.31. The van der Waals surface area contributed by atoms with Crippen LogP contribution in [0.1, 0.15) is 40.5 Å². The molecule has 104 valence electrons. The summed E-state index contributed by atoms with van der Waals surface area (Å²) in [6.45, 7) is 7.42. The van der Waals surface area contributed by atoms with Gasteiger partial charge in [0.2, 0.25) is 0 Å². The third-order valence-corrected chi connectivity index (χ3v) is 3.47. The Balaban J connectivity index is 2.89. The van der Waals surface area contributed by atoms with Crippen molar-refractivity contribution in [2.75, 3.05) is 14.1 Å². The number of carbonyl (C=O) groups excluding carboxylic acids is 1. The smallest absolute Gasteiger partial charge is 0.427 e. The van der Waals surface area contributed by atoms with Crippen molar-refractivity contribution in [1.29, 1.82) is 0 Å². The molecule has 0 aromatic carbocycles. The van der Waals surface area contributed by atoms with Gasteiger partial charge < -0.3 is 9.84 Å². The number of hydrogen-bond acceptors (Lipinski definition) is 4. The molecule has 2 atom stereocenters. The van der Waals surface area contributed by atoms with Crippen LogP contribution in [0.15, 0.2) is 11.6 Å². The van der Waals surface area contributed by atoms with Crippen LogP contribution < -0.4 is 0 Å². The Hall–Kier alpha value is -1.07. The summed E-state index contributed by atoms with van der Waals surface area (Å²) in [6.07, 6.45) is 2.92. The Kier molecular flexibility index (Phi) is 4.08. The van der Waals surface area contributed by atoms with Gasteiger partial charge in [-0.05, 0) is 40.5 Å². The van der Waals surface area contributed by atoms with E-state index >= 15 is 0 Å². The molecule has 1 aliphatic rings. The van der Waals surface area contributed by atoms with Crippen LogP contribution in [0, 0.1) is 0 Å². The lowest BCUT2D eigenvalue weighted by Crippen LogP contribution is -2.58. The largest absolute Gasteiger partial charge is 0.437 e. The number of cyclic esters (lactones) is 1. The Bertz CT molecular complexity index is 359. The zero-order valence-corrected chi connectivity index (χ0v) is 12.1. The fourth-order valence-electron chi connectivity index (χ4n) is 2.21. The van der Waals surface area contributed by atoms with E-state index < -0.39 is 17.4 Å². The maximum atomic E-state index is 11.8. The lowest BCUT2D eigenvalue weighted by atomic mass is 9.89. The molecule has 1 N–H and O–H groups in total. The summed E-state index contributed by atoms with van der Waals surface area (Å²) in [5, 5.41) is 13.4. The van der Waals surface area contributed by atoms with Crippen molar-refractivity contribution in [1.82, 2.24) is 10.0 Å². The predicted molar refractivity (Wildman–Crippen MR) is 69.7 cm³/mol. The van der Waals surface area contributed by atoms with E-state index in [1.807, 2.05) is 13.8 Å². The molecule has 0 bridgehead atoms. The second kappa shape index (κ2) is 4.90. The predicted octanol–water partition coefficient (Wildman–Crippen LogP) is 2.13. The van der Waals surface area contributed by atoms with Crippen LogP contribution in [0.4, 0.5) is 4.79 Å². The van der Waals surface area contributed by atoms with Gasteiger partial charge in [-0.2, -0.15) is 0 Å². The van der Waals surface area contributed by atoms with Crippen molar-refractivity contribution in [3.63, 3.8) is 0 Å². The molecule has 1 rings (SSSR count). The molecule has 1 aliphatic heterocycles. The second-order valence-electron chi connectivity index (χ2n) is 5.60. The lowest BCUT2D eigenvalue weighted by Gasteiger charge is -2.39. The third kappa shape index (κ3) is 2.52. The Morgan fingerprint density at radius 2 is 2.00 bits per heavy atom. The molecule has 0 spiro atoms. The third-order valence-electron chi connectivity index (χ3n) is 3.47. The first-order chi connectivity index (χ1) is 8.12. The SMILES string of the molecule is CC(C)=CCC[C@]1(C)OC(=O)N(N(C)C)[C@@]1(C)O. The van der Waals surface area contributed by atoms with Gasteiger partial charge in [0.15, 0.2) is 11.3 Å². The maximum absolute atomic E-state index is 11.8. The summed E-state index contributed by atoms with van der Waals surface area (Å²) in [7, 11) is 3.41. The molecular weight excluding hydrogens is 232 g/mol. The Morgan fingerprint density at radius 3 is 2.39 bits per heavy atom. The van der Waals surface area contributed by atoms with E-state index in [1.165, 1.54) is 10.6 Å². The lowest BCUT2D eigenvalue weighted by molar-refractivity contribution is -0.184. The highest BCUT2D eigenvalue weighted by Gasteiger charge is 2.60. The first kappa shape index (κ1) is 15.0. The van der Waals surface area contributed by atoms with Crippen LogP contribution in [0.5, 0.6) is 0 Å². The van der Waals surface area contributed by atoms with Crippen LogP contribution in [0.3, 0.4) is 0 Å². The fourth-order valence-corrected chi connectivity index (χ4v) is 2.21. The van der Waals surface area contributed by atoms with Gasteiger partial charge in [-0.15, -0.1) is 0 Å². The van der Waals surface area contributed by atoms with E-state index in [0.29, 0.717) is 6.42 Å². The minimum absolute atomic E-state index is 0.510. The van der Waals surface area contributed by atoms with E-state index in [4.69, 9.17) is 4.74 Å². The molecule has 1 amide bonds. The molecule has 0 unspecified atom stereocenters. The normalized spacial score (nSPS) is 31.8. The highest BCUT2D eigenvalue weighted by molar-refractivity contribution is 5.71. The van der Waals surface area contributed by atoms with Gasteiger partial charge in [0, 0.05) is 14.1 Å². The van der Waals surface area contributed by atoms with E-state index in [1.54, 1.807) is 33.0 Å². The van der Waals surface area contributed by atoms with E-state index in [9.17, 15) is 9.90 Å². The minimum atomic E-state index is -1.34. The molecular formula is C13H24N2O3. The summed E-state index contributed by atoms with van der Waals surface area (Å²) < 4.78 is 5.39. The summed E-state index contributed by atoms with van der Waals surface area (Å²) >= 11 is 0. The fraction of sp³-hybridized carbons (Fsp3) is 0.769. The number of hydrazine groups is 1. The van der Waals surface area contributed by atoms with Gasteiger partial charge in [-0.1, -0.05) is 11.6 Å². The van der Waals surface area contributed by atoms with Crippen molar-refractivity contribution in [3.05, 3.63) is 11.6 Å². The molecule has 0 radical (unpaired) electrons. The molecule has 1 fully saturated rings. The minimum Gasteiger partial charge on any atom is -0.437 e. The number of allylic oxidation sites excluding steroid dienone is 2. The quantitative estimate of drug-likeness (QED) is 0.783. The molecule has 5 heteroatoms. The molecule has 18 heavy (non-hydrogen) atoms.